The maximum atomic E-state index is 13.7. The summed E-state index contributed by atoms with van der Waals surface area (Å²) in [7, 11) is 0. The molecule has 3 aromatic rings. The molecule has 2 saturated carbocycles. The van der Waals surface area contributed by atoms with Crippen molar-refractivity contribution < 1.29 is 19.0 Å². The highest BCUT2D eigenvalue weighted by molar-refractivity contribution is 7.22. The number of carbonyl (C=O) groups is 1. The fourth-order valence-electron chi connectivity index (χ4n) is 4.38. The molecule has 1 aromatic carbocycles. The molecule has 0 aliphatic heterocycles. The third-order valence-corrected chi connectivity index (χ3v) is 7.15. The Morgan fingerprint density at radius 2 is 2.06 bits per heavy atom. The van der Waals surface area contributed by atoms with E-state index >= 15 is 0 Å². The zero-order valence-corrected chi connectivity index (χ0v) is 18.6. The molecular formula is C23H25FN4O3S. The third kappa shape index (κ3) is 4.51. The van der Waals surface area contributed by atoms with E-state index in [2.05, 4.69) is 20.3 Å². The summed E-state index contributed by atoms with van der Waals surface area (Å²) in [6.45, 7) is 1.81. The molecule has 9 heteroatoms. The summed E-state index contributed by atoms with van der Waals surface area (Å²) in [6, 6.07) is 5.84. The van der Waals surface area contributed by atoms with Gasteiger partial charge in [-0.1, -0.05) is 17.4 Å². The van der Waals surface area contributed by atoms with Gasteiger partial charge in [0.15, 0.2) is 11.0 Å². The number of aliphatic hydroxyl groups excluding tert-OH is 1. The van der Waals surface area contributed by atoms with Crippen molar-refractivity contribution >= 4 is 32.6 Å². The second kappa shape index (κ2) is 8.46. The number of amides is 1. The average Bonchev–Trinajstić information content (AvgIpc) is 3.35. The van der Waals surface area contributed by atoms with Crippen LogP contribution in [-0.2, 0) is 16.1 Å². The second-order valence-electron chi connectivity index (χ2n) is 8.94. The van der Waals surface area contributed by atoms with Crippen LogP contribution in [0.25, 0.3) is 21.3 Å². The standard InChI is InChI=1S/C23H25FN4O3S/c1-23(24)8-14(9-23)21(30)28-22-27-16-6-5-13(7-19(16)32-22)15-10-25-20(26-11-15)12-31-18-4-2-3-17(18)29/h5-7,10-11,14,17-18,29H,2-4,8-9,12H2,1H3,(H,27,28,30)/t14?,17-,18-,23?/m0/s1. The lowest BCUT2D eigenvalue weighted by molar-refractivity contribution is -0.127. The van der Waals surface area contributed by atoms with Gasteiger partial charge in [-0.3, -0.25) is 4.79 Å². The smallest absolute Gasteiger partial charge is 0.229 e. The Hall–Kier alpha value is -2.49. The molecule has 2 aromatic heterocycles. The number of anilines is 1. The Kier molecular flexibility index (Phi) is 5.65. The number of aliphatic hydroxyl groups is 1. The topological polar surface area (TPSA) is 97.2 Å². The fraction of sp³-hybridized carbons (Fsp3) is 0.478. The van der Waals surface area contributed by atoms with Crippen molar-refractivity contribution in [1.29, 1.82) is 0 Å². The van der Waals surface area contributed by atoms with E-state index in [4.69, 9.17) is 4.74 Å². The summed E-state index contributed by atoms with van der Waals surface area (Å²) in [5.41, 5.74) is 1.38. The van der Waals surface area contributed by atoms with Crippen molar-refractivity contribution in [3.05, 3.63) is 36.4 Å². The molecule has 0 saturated heterocycles. The minimum atomic E-state index is -1.23. The van der Waals surface area contributed by atoms with Crippen LogP contribution in [0.2, 0.25) is 0 Å². The zero-order valence-electron chi connectivity index (χ0n) is 17.8. The number of nitrogens with one attached hydrogen (secondary N) is 1. The molecule has 2 heterocycles. The van der Waals surface area contributed by atoms with E-state index < -0.39 is 11.8 Å². The van der Waals surface area contributed by atoms with Crippen LogP contribution < -0.4 is 5.32 Å². The first-order valence-electron chi connectivity index (χ1n) is 10.9. The molecule has 32 heavy (non-hydrogen) atoms. The molecule has 2 fully saturated rings. The van der Waals surface area contributed by atoms with Gasteiger partial charge in [0, 0.05) is 23.9 Å². The number of rotatable bonds is 6. The predicted octanol–water partition coefficient (Wildman–Crippen LogP) is 4.26. The first-order valence-corrected chi connectivity index (χ1v) is 11.7. The van der Waals surface area contributed by atoms with Crippen molar-refractivity contribution in [3.63, 3.8) is 0 Å². The Bertz CT molecular complexity index is 1130. The predicted molar refractivity (Wildman–Crippen MR) is 120 cm³/mol. The number of benzene rings is 1. The normalized spacial score (nSPS) is 27.4. The molecule has 2 aliphatic carbocycles. The number of ether oxygens (including phenoxy) is 1. The Morgan fingerprint density at radius 1 is 1.28 bits per heavy atom. The van der Waals surface area contributed by atoms with Gasteiger partial charge in [0.1, 0.15) is 12.3 Å². The number of fused-ring (bicyclic) bond motifs is 1. The molecule has 0 spiro atoms. The lowest BCUT2D eigenvalue weighted by Crippen LogP contribution is -2.43. The molecule has 5 rings (SSSR count). The van der Waals surface area contributed by atoms with E-state index in [-0.39, 0.29) is 37.4 Å². The summed E-state index contributed by atoms with van der Waals surface area (Å²) < 4.78 is 20.3. The lowest BCUT2D eigenvalue weighted by Gasteiger charge is -2.37. The quantitative estimate of drug-likeness (QED) is 0.575. The highest BCUT2D eigenvalue weighted by Crippen LogP contribution is 2.41. The highest BCUT2D eigenvalue weighted by atomic mass is 32.1. The molecule has 2 atom stereocenters. The minimum absolute atomic E-state index is 0.132. The van der Waals surface area contributed by atoms with Gasteiger partial charge >= 0.3 is 0 Å². The molecule has 0 unspecified atom stereocenters. The molecule has 1 amide bonds. The summed E-state index contributed by atoms with van der Waals surface area (Å²) >= 11 is 1.39. The van der Waals surface area contributed by atoms with Crippen molar-refractivity contribution in [2.24, 2.45) is 5.92 Å². The zero-order chi connectivity index (χ0) is 22.3. The molecule has 0 bridgehead atoms. The van der Waals surface area contributed by atoms with E-state index in [1.54, 1.807) is 12.4 Å². The number of alkyl halides is 1. The van der Waals surface area contributed by atoms with Crippen molar-refractivity contribution in [2.45, 2.75) is 63.5 Å². The average molecular weight is 457 g/mol. The number of halogens is 1. The van der Waals surface area contributed by atoms with E-state index in [1.165, 1.54) is 18.3 Å². The van der Waals surface area contributed by atoms with Crippen LogP contribution in [-0.4, -0.2) is 43.8 Å². The van der Waals surface area contributed by atoms with Gasteiger partial charge in [0.25, 0.3) is 0 Å². The SMILES string of the molecule is CC1(F)CC(C(=O)Nc2nc3ccc(-c4cnc(CO[C@H]5CCC[C@@H]5O)nc4)cc3s2)C1. The first-order chi connectivity index (χ1) is 15.4. The van der Waals surface area contributed by atoms with Crippen LogP contribution in [0.4, 0.5) is 9.52 Å². The largest absolute Gasteiger partial charge is 0.390 e. The van der Waals surface area contributed by atoms with Gasteiger partial charge < -0.3 is 15.2 Å². The van der Waals surface area contributed by atoms with Crippen LogP contribution in [0.15, 0.2) is 30.6 Å². The van der Waals surface area contributed by atoms with Gasteiger partial charge in [0.05, 0.1) is 22.4 Å². The highest BCUT2D eigenvalue weighted by Gasteiger charge is 2.44. The molecular weight excluding hydrogens is 431 g/mol. The van der Waals surface area contributed by atoms with Crippen LogP contribution in [0.3, 0.4) is 0 Å². The Morgan fingerprint density at radius 3 is 2.75 bits per heavy atom. The van der Waals surface area contributed by atoms with Gasteiger partial charge in [0.2, 0.25) is 5.91 Å². The van der Waals surface area contributed by atoms with Crippen molar-refractivity contribution in [2.75, 3.05) is 5.32 Å². The maximum absolute atomic E-state index is 13.7. The Balaban J connectivity index is 1.24. The number of hydrogen-bond acceptors (Lipinski definition) is 7. The summed E-state index contributed by atoms with van der Waals surface area (Å²) in [4.78, 5) is 25.5. The molecule has 7 nitrogen and oxygen atoms in total. The van der Waals surface area contributed by atoms with Gasteiger partial charge in [-0.2, -0.15) is 0 Å². The number of hydrogen-bond donors (Lipinski definition) is 2. The number of aromatic nitrogens is 3. The summed E-state index contributed by atoms with van der Waals surface area (Å²) in [5, 5.41) is 13.2. The van der Waals surface area contributed by atoms with E-state index in [9.17, 15) is 14.3 Å². The van der Waals surface area contributed by atoms with E-state index in [0.717, 1.165) is 40.6 Å². The van der Waals surface area contributed by atoms with Crippen LogP contribution in [0, 0.1) is 5.92 Å². The van der Waals surface area contributed by atoms with E-state index in [0.29, 0.717) is 11.0 Å². The van der Waals surface area contributed by atoms with Crippen molar-refractivity contribution in [3.8, 4) is 11.1 Å². The van der Waals surface area contributed by atoms with Crippen LogP contribution in [0.1, 0.15) is 44.9 Å². The maximum Gasteiger partial charge on any atom is 0.229 e. The molecule has 2 N–H and O–H groups in total. The Labute approximate surface area is 189 Å². The number of nitrogens with zero attached hydrogens (tertiary/aromatic N) is 3. The van der Waals surface area contributed by atoms with E-state index in [1.807, 2.05) is 18.2 Å². The third-order valence-electron chi connectivity index (χ3n) is 6.22. The fourth-order valence-corrected chi connectivity index (χ4v) is 5.29. The van der Waals surface area contributed by atoms with Gasteiger partial charge in [-0.05, 0) is 56.7 Å². The van der Waals surface area contributed by atoms with Gasteiger partial charge in [-0.15, -0.1) is 0 Å². The monoisotopic (exact) mass is 456 g/mol. The van der Waals surface area contributed by atoms with Crippen molar-refractivity contribution in [1.82, 2.24) is 15.0 Å². The summed E-state index contributed by atoms with van der Waals surface area (Å²) in [6.07, 6.45) is 6.14. The molecule has 2 aliphatic rings. The minimum Gasteiger partial charge on any atom is -0.390 e. The first kappa shape index (κ1) is 21.4. The molecule has 0 radical (unpaired) electrons. The molecule has 168 valence electrons. The van der Waals surface area contributed by atoms with Crippen LogP contribution >= 0.6 is 11.3 Å². The second-order valence-corrected chi connectivity index (χ2v) is 9.98. The number of carbonyl (C=O) groups excluding carboxylic acids is 1. The summed E-state index contributed by atoms with van der Waals surface area (Å²) in [5.74, 6) is 0.122. The number of thiazole rings is 1. The van der Waals surface area contributed by atoms with Crippen LogP contribution in [0.5, 0.6) is 0 Å². The lowest BCUT2D eigenvalue weighted by atomic mass is 9.73. The van der Waals surface area contributed by atoms with Gasteiger partial charge in [-0.25, -0.2) is 19.3 Å².